The molecule has 2 aromatic heterocycles. The normalized spacial score (nSPS) is 16.9. The van der Waals surface area contributed by atoms with E-state index in [-0.39, 0.29) is 11.9 Å². The summed E-state index contributed by atoms with van der Waals surface area (Å²) in [4.78, 5) is 23.9. The van der Waals surface area contributed by atoms with Gasteiger partial charge in [0.15, 0.2) is 5.58 Å². The van der Waals surface area contributed by atoms with Crippen LogP contribution in [0.1, 0.15) is 28.2 Å². The second kappa shape index (κ2) is 6.91. The number of aryl methyl sites for hydroxylation is 1. The SMILES string of the molecule is Cc1nc2ccc(C(=O)NC[C@@H]3CCCN3c3nc4ccccc4o3)cc2s1. The number of nitrogens with zero attached hydrogens (tertiary/aromatic N) is 3. The molecule has 1 atom stereocenters. The minimum absolute atomic E-state index is 0.0580. The Morgan fingerprint density at radius 2 is 2.14 bits per heavy atom. The summed E-state index contributed by atoms with van der Waals surface area (Å²) in [7, 11) is 0. The van der Waals surface area contributed by atoms with Crippen LogP contribution in [0.5, 0.6) is 0 Å². The van der Waals surface area contributed by atoms with E-state index in [2.05, 4.69) is 20.2 Å². The van der Waals surface area contributed by atoms with E-state index in [1.807, 2.05) is 49.4 Å². The lowest BCUT2D eigenvalue weighted by molar-refractivity contribution is 0.0951. The zero-order chi connectivity index (χ0) is 19.1. The summed E-state index contributed by atoms with van der Waals surface area (Å²) in [5.41, 5.74) is 3.26. The van der Waals surface area contributed by atoms with Crippen molar-refractivity contribution in [3.05, 3.63) is 53.0 Å². The van der Waals surface area contributed by atoms with Gasteiger partial charge in [-0.05, 0) is 50.1 Å². The van der Waals surface area contributed by atoms with E-state index in [0.29, 0.717) is 18.1 Å². The van der Waals surface area contributed by atoms with Gasteiger partial charge in [-0.25, -0.2) is 4.98 Å². The number of carbonyl (C=O) groups is 1. The molecule has 0 spiro atoms. The third kappa shape index (κ3) is 3.11. The highest BCUT2D eigenvalue weighted by atomic mass is 32.1. The smallest absolute Gasteiger partial charge is 0.298 e. The Hall–Kier alpha value is -2.93. The highest BCUT2D eigenvalue weighted by molar-refractivity contribution is 7.18. The predicted octanol–water partition coefficient (Wildman–Crippen LogP) is 4.14. The molecule has 0 radical (unpaired) electrons. The van der Waals surface area contributed by atoms with E-state index >= 15 is 0 Å². The van der Waals surface area contributed by atoms with Crippen molar-refractivity contribution >= 4 is 44.6 Å². The van der Waals surface area contributed by atoms with Gasteiger partial charge in [0.1, 0.15) is 5.52 Å². The Balaban J connectivity index is 1.29. The van der Waals surface area contributed by atoms with E-state index in [1.54, 1.807) is 11.3 Å². The molecule has 4 aromatic rings. The third-order valence-electron chi connectivity index (χ3n) is 5.16. The number of carbonyl (C=O) groups excluding carboxylic acids is 1. The van der Waals surface area contributed by atoms with Crippen LogP contribution in [0, 0.1) is 6.92 Å². The molecular weight excluding hydrogens is 372 g/mol. The number of nitrogens with one attached hydrogen (secondary N) is 1. The number of para-hydroxylation sites is 2. The number of rotatable bonds is 4. The first kappa shape index (κ1) is 17.2. The summed E-state index contributed by atoms with van der Waals surface area (Å²) in [6, 6.07) is 14.3. The molecule has 7 heteroatoms. The number of hydrogen-bond acceptors (Lipinski definition) is 6. The lowest BCUT2D eigenvalue weighted by atomic mass is 10.2. The molecule has 0 bridgehead atoms. The summed E-state index contributed by atoms with van der Waals surface area (Å²) < 4.78 is 6.96. The Morgan fingerprint density at radius 1 is 1.25 bits per heavy atom. The zero-order valence-corrected chi connectivity index (χ0v) is 16.3. The van der Waals surface area contributed by atoms with Gasteiger partial charge in [0.2, 0.25) is 0 Å². The van der Waals surface area contributed by atoms with Crippen LogP contribution in [0.2, 0.25) is 0 Å². The Kier molecular flexibility index (Phi) is 4.24. The van der Waals surface area contributed by atoms with Crippen molar-refractivity contribution < 1.29 is 9.21 Å². The van der Waals surface area contributed by atoms with Crippen LogP contribution in [-0.2, 0) is 0 Å². The second-order valence-electron chi connectivity index (χ2n) is 7.08. The maximum atomic E-state index is 12.7. The Morgan fingerprint density at radius 3 is 3.04 bits per heavy atom. The van der Waals surface area contributed by atoms with Crippen LogP contribution in [-0.4, -0.2) is 35.0 Å². The van der Waals surface area contributed by atoms with Crippen molar-refractivity contribution in [2.45, 2.75) is 25.8 Å². The zero-order valence-electron chi connectivity index (χ0n) is 15.5. The summed E-state index contributed by atoms with van der Waals surface area (Å²) in [6.07, 6.45) is 2.07. The number of thiazole rings is 1. The van der Waals surface area contributed by atoms with Gasteiger partial charge in [-0.1, -0.05) is 12.1 Å². The van der Waals surface area contributed by atoms with Crippen LogP contribution < -0.4 is 10.2 Å². The number of benzene rings is 2. The molecule has 1 aliphatic heterocycles. The number of amides is 1. The highest BCUT2D eigenvalue weighted by Crippen LogP contribution is 2.28. The molecule has 0 unspecified atom stereocenters. The van der Waals surface area contributed by atoms with E-state index in [9.17, 15) is 4.79 Å². The molecule has 0 aliphatic carbocycles. The molecule has 6 nitrogen and oxygen atoms in total. The molecule has 0 saturated carbocycles. The van der Waals surface area contributed by atoms with Gasteiger partial charge in [0, 0.05) is 18.7 Å². The molecular formula is C21H20N4O2S. The molecule has 1 aliphatic rings. The minimum Gasteiger partial charge on any atom is -0.423 e. The maximum Gasteiger partial charge on any atom is 0.298 e. The van der Waals surface area contributed by atoms with Crippen molar-refractivity contribution in [2.75, 3.05) is 18.0 Å². The average Bonchev–Trinajstić information content (AvgIpc) is 3.41. The van der Waals surface area contributed by atoms with Crippen molar-refractivity contribution in [3.8, 4) is 0 Å². The van der Waals surface area contributed by atoms with Gasteiger partial charge < -0.3 is 14.6 Å². The van der Waals surface area contributed by atoms with Crippen LogP contribution in [0.25, 0.3) is 21.3 Å². The van der Waals surface area contributed by atoms with Crippen molar-refractivity contribution in [3.63, 3.8) is 0 Å². The number of fused-ring (bicyclic) bond motifs is 2. The van der Waals surface area contributed by atoms with Gasteiger partial charge in [-0.2, -0.15) is 4.98 Å². The van der Waals surface area contributed by atoms with Crippen LogP contribution in [0.3, 0.4) is 0 Å². The van der Waals surface area contributed by atoms with Crippen LogP contribution in [0.15, 0.2) is 46.9 Å². The monoisotopic (exact) mass is 392 g/mol. The van der Waals surface area contributed by atoms with Gasteiger partial charge in [-0.3, -0.25) is 4.79 Å². The van der Waals surface area contributed by atoms with Gasteiger partial charge in [0.05, 0.1) is 21.3 Å². The number of hydrogen-bond donors (Lipinski definition) is 1. The highest BCUT2D eigenvalue weighted by Gasteiger charge is 2.28. The third-order valence-corrected chi connectivity index (χ3v) is 6.09. The number of aromatic nitrogens is 2. The number of oxazole rings is 1. The topological polar surface area (TPSA) is 71.3 Å². The van der Waals surface area contributed by atoms with Crippen LogP contribution >= 0.6 is 11.3 Å². The van der Waals surface area contributed by atoms with E-state index in [1.165, 1.54) is 0 Å². The largest absolute Gasteiger partial charge is 0.423 e. The van der Waals surface area contributed by atoms with Crippen LogP contribution in [0.4, 0.5) is 6.01 Å². The Labute approximate surface area is 166 Å². The van der Waals surface area contributed by atoms with E-state index in [0.717, 1.165) is 45.7 Å². The molecule has 5 rings (SSSR count). The molecule has 2 aromatic carbocycles. The fourth-order valence-electron chi connectivity index (χ4n) is 3.78. The average molecular weight is 392 g/mol. The van der Waals surface area contributed by atoms with Crippen molar-refractivity contribution in [1.82, 2.24) is 15.3 Å². The molecule has 1 fully saturated rings. The van der Waals surface area contributed by atoms with Gasteiger partial charge in [0.25, 0.3) is 11.9 Å². The second-order valence-corrected chi connectivity index (χ2v) is 8.31. The first-order valence-corrected chi connectivity index (χ1v) is 10.3. The van der Waals surface area contributed by atoms with Gasteiger partial charge in [-0.15, -0.1) is 11.3 Å². The first-order valence-electron chi connectivity index (χ1n) is 9.45. The maximum absolute atomic E-state index is 12.7. The Bertz CT molecular complexity index is 1130. The van der Waals surface area contributed by atoms with Crippen molar-refractivity contribution in [2.24, 2.45) is 0 Å². The van der Waals surface area contributed by atoms with Gasteiger partial charge >= 0.3 is 0 Å². The standard InChI is InChI=1S/C21H20N4O2S/c1-13-23-17-9-8-14(11-19(17)28-13)20(26)22-12-15-5-4-10-25(15)21-24-16-6-2-3-7-18(16)27-21/h2-3,6-9,11,15H,4-5,10,12H2,1H3,(H,22,26)/t15-/m0/s1. The predicted molar refractivity (Wildman–Crippen MR) is 111 cm³/mol. The summed E-state index contributed by atoms with van der Waals surface area (Å²) in [5, 5.41) is 4.09. The number of anilines is 1. The summed E-state index contributed by atoms with van der Waals surface area (Å²) >= 11 is 1.61. The lowest BCUT2D eigenvalue weighted by Gasteiger charge is -2.23. The molecule has 142 valence electrons. The lowest BCUT2D eigenvalue weighted by Crippen LogP contribution is -2.40. The van der Waals surface area contributed by atoms with E-state index in [4.69, 9.17) is 4.42 Å². The van der Waals surface area contributed by atoms with E-state index < -0.39 is 0 Å². The molecule has 3 heterocycles. The first-order chi connectivity index (χ1) is 13.7. The summed E-state index contributed by atoms with van der Waals surface area (Å²) in [5.74, 6) is -0.0580. The molecule has 1 N–H and O–H groups in total. The molecule has 28 heavy (non-hydrogen) atoms. The molecule has 1 saturated heterocycles. The summed E-state index contributed by atoms with van der Waals surface area (Å²) in [6.45, 7) is 3.43. The fourth-order valence-corrected chi connectivity index (χ4v) is 4.64. The van der Waals surface area contributed by atoms with Crippen molar-refractivity contribution in [1.29, 1.82) is 0 Å². The fraction of sp³-hybridized carbons (Fsp3) is 0.286. The quantitative estimate of drug-likeness (QED) is 0.565. The minimum atomic E-state index is -0.0580. The molecule has 1 amide bonds.